The Balaban J connectivity index is 3.08. The number of halogens is 2. The summed E-state index contributed by atoms with van der Waals surface area (Å²) < 4.78 is 26.1. The molecule has 0 amide bonds. The number of aryl methyl sites for hydroxylation is 1. The molecule has 0 atom stereocenters. The van der Waals surface area contributed by atoms with E-state index in [0.717, 1.165) is 6.42 Å². The van der Waals surface area contributed by atoms with Crippen LogP contribution in [0.3, 0.4) is 0 Å². The van der Waals surface area contributed by atoms with E-state index in [-0.39, 0.29) is 3.87 Å². The standard InChI is InChI=1S/C9H9F2.Ti/c1-2-3-7-4-5-8(10)6-9(7)11;/h4-5H,2-3H2,1H3;. The summed E-state index contributed by atoms with van der Waals surface area (Å²) in [5.74, 6) is -0.857. The van der Waals surface area contributed by atoms with Crippen molar-refractivity contribution in [2.75, 3.05) is 0 Å². The van der Waals surface area contributed by atoms with Gasteiger partial charge in [-0.05, 0) is 0 Å². The Kier molecular flexibility index (Phi) is 3.42. The van der Waals surface area contributed by atoms with E-state index in [2.05, 4.69) is 0 Å². The Labute approximate surface area is 82.4 Å². The molecule has 0 bridgehead atoms. The molecule has 0 unspecified atom stereocenters. The second kappa shape index (κ2) is 4.15. The Morgan fingerprint density at radius 3 is 2.58 bits per heavy atom. The van der Waals surface area contributed by atoms with Gasteiger partial charge in [0.2, 0.25) is 0 Å². The molecule has 3 heteroatoms. The number of hydrogen-bond donors (Lipinski definition) is 0. The van der Waals surface area contributed by atoms with Crippen LogP contribution in [0.1, 0.15) is 18.9 Å². The summed E-state index contributed by atoms with van der Waals surface area (Å²) >= 11 is 1.46. The van der Waals surface area contributed by atoms with Crippen molar-refractivity contribution in [3.05, 3.63) is 29.3 Å². The third kappa shape index (κ3) is 1.93. The fraction of sp³-hybridized carbons (Fsp3) is 0.333. The van der Waals surface area contributed by atoms with Crippen molar-refractivity contribution in [3.8, 4) is 0 Å². The minimum absolute atomic E-state index is 0.126. The van der Waals surface area contributed by atoms with Crippen LogP contribution in [0.2, 0.25) is 0 Å². The van der Waals surface area contributed by atoms with Crippen LogP contribution in [0.5, 0.6) is 0 Å². The van der Waals surface area contributed by atoms with E-state index in [1.165, 1.54) is 32.6 Å². The molecule has 0 saturated carbocycles. The van der Waals surface area contributed by atoms with Gasteiger partial charge in [0, 0.05) is 0 Å². The van der Waals surface area contributed by atoms with Crippen LogP contribution in [-0.4, -0.2) is 0 Å². The summed E-state index contributed by atoms with van der Waals surface area (Å²) in [6.45, 7) is 1.97. The van der Waals surface area contributed by atoms with E-state index in [1.807, 2.05) is 6.92 Å². The van der Waals surface area contributed by atoms with E-state index < -0.39 is 11.6 Å². The molecule has 0 heterocycles. The predicted molar refractivity (Wildman–Crippen MR) is 40.0 cm³/mol. The molecule has 0 aliphatic carbocycles. The zero-order valence-electron chi connectivity index (χ0n) is 6.82. The van der Waals surface area contributed by atoms with Crippen molar-refractivity contribution in [3.63, 3.8) is 0 Å². The predicted octanol–water partition coefficient (Wildman–Crippen LogP) is 2.09. The zero-order chi connectivity index (χ0) is 9.14. The summed E-state index contributed by atoms with van der Waals surface area (Å²) in [5.41, 5.74) is 0.608. The second-order valence-electron chi connectivity index (χ2n) is 2.65. The van der Waals surface area contributed by atoms with E-state index >= 15 is 0 Å². The maximum atomic E-state index is 13.2. The molecule has 0 nitrogen and oxygen atoms in total. The Morgan fingerprint density at radius 2 is 2.00 bits per heavy atom. The van der Waals surface area contributed by atoms with Crippen molar-refractivity contribution in [2.45, 2.75) is 19.8 Å². The number of hydrogen-bond acceptors (Lipinski definition) is 0. The molecule has 0 aliphatic heterocycles. The molecule has 0 spiro atoms. The molecule has 0 fully saturated rings. The molecule has 1 aromatic rings. The summed E-state index contributed by atoms with van der Waals surface area (Å²) in [5, 5.41) is 0. The van der Waals surface area contributed by atoms with Crippen LogP contribution in [0.25, 0.3) is 0 Å². The summed E-state index contributed by atoms with van der Waals surface area (Å²) in [6, 6.07) is 2.84. The van der Waals surface area contributed by atoms with Crippen LogP contribution in [0.4, 0.5) is 8.78 Å². The van der Waals surface area contributed by atoms with Gasteiger partial charge >= 0.3 is 82.2 Å². The third-order valence-corrected chi connectivity index (χ3v) is 2.41. The Bertz CT molecular complexity index is 284. The summed E-state index contributed by atoms with van der Waals surface area (Å²) in [7, 11) is 0. The topological polar surface area (TPSA) is 0 Å². The van der Waals surface area contributed by atoms with Crippen molar-refractivity contribution < 1.29 is 29.2 Å². The molecular weight excluding hydrogens is 194 g/mol. The van der Waals surface area contributed by atoms with Gasteiger partial charge in [-0.2, -0.15) is 0 Å². The van der Waals surface area contributed by atoms with Gasteiger partial charge in [0.05, 0.1) is 0 Å². The molecule has 0 aliphatic rings. The molecular formula is C9H9F2Ti. The fourth-order valence-electron chi connectivity index (χ4n) is 1.06. The van der Waals surface area contributed by atoms with Gasteiger partial charge in [0.15, 0.2) is 0 Å². The third-order valence-electron chi connectivity index (χ3n) is 1.69. The molecule has 1 rings (SSSR count). The first-order valence-corrected chi connectivity index (χ1v) is 4.63. The Hall–Kier alpha value is -0.206. The van der Waals surface area contributed by atoms with Crippen LogP contribution in [0.15, 0.2) is 12.1 Å². The van der Waals surface area contributed by atoms with Gasteiger partial charge < -0.3 is 0 Å². The van der Waals surface area contributed by atoms with Crippen molar-refractivity contribution >= 4 is 3.87 Å². The molecule has 0 aromatic heterocycles. The normalized spacial score (nSPS) is 10.2. The average Bonchev–Trinajstić information content (AvgIpc) is 2.07. The average molecular weight is 203 g/mol. The molecule has 12 heavy (non-hydrogen) atoms. The SMILES string of the molecule is CCCc1ccc(F)[c]([Ti])c1F. The van der Waals surface area contributed by atoms with Gasteiger partial charge in [0.1, 0.15) is 0 Å². The van der Waals surface area contributed by atoms with E-state index in [9.17, 15) is 8.78 Å². The first-order valence-electron chi connectivity index (χ1n) is 3.85. The number of rotatable bonds is 2. The van der Waals surface area contributed by atoms with Crippen molar-refractivity contribution in [1.82, 2.24) is 0 Å². The molecule has 0 saturated heterocycles. The summed E-state index contributed by atoms with van der Waals surface area (Å²) in [6.07, 6.45) is 1.55. The van der Waals surface area contributed by atoms with Crippen molar-refractivity contribution in [2.24, 2.45) is 0 Å². The first-order chi connectivity index (χ1) is 5.66. The van der Waals surface area contributed by atoms with Crippen molar-refractivity contribution in [1.29, 1.82) is 0 Å². The van der Waals surface area contributed by atoms with E-state index in [4.69, 9.17) is 0 Å². The van der Waals surface area contributed by atoms with Crippen LogP contribution in [0, 0.1) is 11.6 Å². The first kappa shape index (κ1) is 9.88. The van der Waals surface area contributed by atoms with Gasteiger partial charge in [-0.3, -0.25) is 0 Å². The van der Waals surface area contributed by atoms with E-state index in [0.29, 0.717) is 12.0 Å². The maximum absolute atomic E-state index is 13.2. The van der Waals surface area contributed by atoms with Crippen LogP contribution < -0.4 is 3.87 Å². The summed E-state index contributed by atoms with van der Waals surface area (Å²) in [4.78, 5) is 0. The molecule has 0 N–H and O–H groups in total. The van der Waals surface area contributed by atoms with Gasteiger partial charge in [0.25, 0.3) is 0 Å². The quantitative estimate of drug-likeness (QED) is 0.645. The minimum atomic E-state index is -0.465. The van der Waals surface area contributed by atoms with Crippen LogP contribution >= 0.6 is 0 Å². The molecule has 63 valence electrons. The zero-order valence-corrected chi connectivity index (χ0v) is 8.39. The van der Waals surface area contributed by atoms with Crippen LogP contribution in [-0.2, 0) is 26.9 Å². The van der Waals surface area contributed by atoms with Gasteiger partial charge in [-0.1, -0.05) is 0 Å². The number of benzene rings is 1. The second-order valence-corrected chi connectivity index (χ2v) is 3.43. The van der Waals surface area contributed by atoms with E-state index in [1.54, 1.807) is 0 Å². The van der Waals surface area contributed by atoms with Gasteiger partial charge in [-0.15, -0.1) is 0 Å². The monoisotopic (exact) mass is 203 g/mol. The molecule has 0 radical (unpaired) electrons. The Morgan fingerprint density at radius 1 is 1.33 bits per heavy atom. The molecule has 1 aromatic carbocycles. The fourth-order valence-corrected chi connectivity index (χ4v) is 1.44. The van der Waals surface area contributed by atoms with Gasteiger partial charge in [-0.25, -0.2) is 0 Å².